The monoisotopic (exact) mass is 346 g/mol. The maximum atomic E-state index is 12.3. The number of carbonyl (C=O) groups is 1. The Kier molecular flexibility index (Phi) is 7.07. The SMILES string of the molecule is Cl.NCC1CCCCC1NC(=O)CCc1ccc2ccccc2c1. The second-order valence-electron chi connectivity index (χ2n) is 6.64. The number of hydrogen-bond acceptors (Lipinski definition) is 2. The van der Waals surface area contributed by atoms with Crippen LogP contribution >= 0.6 is 12.4 Å². The van der Waals surface area contributed by atoms with E-state index in [0.717, 1.165) is 19.3 Å². The lowest BCUT2D eigenvalue weighted by atomic mass is 9.84. The highest BCUT2D eigenvalue weighted by Crippen LogP contribution is 2.23. The summed E-state index contributed by atoms with van der Waals surface area (Å²) in [7, 11) is 0. The van der Waals surface area contributed by atoms with E-state index in [2.05, 4.69) is 41.7 Å². The van der Waals surface area contributed by atoms with Crippen molar-refractivity contribution in [3.8, 4) is 0 Å². The third-order valence-electron chi connectivity index (χ3n) is 5.01. The second-order valence-corrected chi connectivity index (χ2v) is 6.64. The standard InChI is InChI=1S/C20H26N2O.ClH/c21-14-18-7-3-4-8-19(18)22-20(23)12-10-15-9-11-16-5-1-2-6-17(16)13-15;/h1-2,5-6,9,11,13,18-19H,3-4,7-8,10,12,14,21H2,(H,22,23);1H. The predicted octanol–water partition coefficient (Wildman–Crippen LogP) is 3.83. The molecule has 0 heterocycles. The smallest absolute Gasteiger partial charge is 0.220 e. The number of carbonyl (C=O) groups excluding carboxylic acids is 1. The first kappa shape index (κ1) is 18.8. The lowest BCUT2D eigenvalue weighted by Gasteiger charge is -2.31. The fourth-order valence-electron chi connectivity index (χ4n) is 3.61. The van der Waals surface area contributed by atoms with E-state index in [1.807, 2.05) is 6.07 Å². The molecular formula is C20H27ClN2O. The van der Waals surface area contributed by atoms with E-state index in [1.54, 1.807) is 0 Å². The van der Waals surface area contributed by atoms with E-state index in [-0.39, 0.29) is 24.4 Å². The first-order valence-electron chi connectivity index (χ1n) is 8.73. The van der Waals surface area contributed by atoms with Crippen molar-refractivity contribution in [1.82, 2.24) is 5.32 Å². The molecule has 0 saturated heterocycles. The van der Waals surface area contributed by atoms with Gasteiger partial charge in [-0.05, 0) is 48.1 Å². The van der Waals surface area contributed by atoms with Gasteiger partial charge in [0.05, 0.1) is 0 Å². The molecule has 2 aromatic rings. The van der Waals surface area contributed by atoms with Crippen LogP contribution in [-0.4, -0.2) is 18.5 Å². The Hall–Kier alpha value is -1.58. The minimum atomic E-state index is 0. The molecule has 2 aromatic carbocycles. The molecule has 0 radical (unpaired) electrons. The van der Waals surface area contributed by atoms with Crippen LogP contribution in [0, 0.1) is 5.92 Å². The Balaban J connectivity index is 0.00000208. The van der Waals surface area contributed by atoms with Crippen molar-refractivity contribution in [2.45, 2.75) is 44.6 Å². The van der Waals surface area contributed by atoms with Crippen LogP contribution in [-0.2, 0) is 11.2 Å². The Labute approximate surface area is 150 Å². The van der Waals surface area contributed by atoms with E-state index in [1.165, 1.54) is 29.2 Å². The largest absolute Gasteiger partial charge is 0.353 e. The minimum absolute atomic E-state index is 0. The molecule has 0 aliphatic heterocycles. The maximum absolute atomic E-state index is 12.3. The average molecular weight is 347 g/mol. The molecule has 1 amide bonds. The summed E-state index contributed by atoms with van der Waals surface area (Å²) in [6, 6.07) is 15.0. The van der Waals surface area contributed by atoms with Gasteiger partial charge >= 0.3 is 0 Å². The van der Waals surface area contributed by atoms with Gasteiger partial charge in [-0.2, -0.15) is 0 Å². The average Bonchev–Trinajstić information content (AvgIpc) is 2.60. The zero-order chi connectivity index (χ0) is 16.1. The van der Waals surface area contributed by atoms with E-state index in [0.29, 0.717) is 18.9 Å². The number of fused-ring (bicyclic) bond motifs is 1. The summed E-state index contributed by atoms with van der Waals surface area (Å²) in [5.41, 5.74) is 7.06. The highest BCUT2D eigenvalue weighted by Gasteiger charge is 2.24. The summed E-state index contributed by atoms with van der Waals surface area (Å²) in [6.07, 6.45) is 6.00. The fraction of sp³-hybridized carbons (Fsp3) is 0.450. The Morgan fingerprint density at radius 3 is 2.62 bits per heavy atom. The molecule has 3 N–H and O–H groups in total. The number of aryl methyl sites for hydroxylation is 1. The lowest BCUT2D eigenvalue weighted by Crippen LogP contribution is -2.44. The fourth-order valence-corrected chi connectivity index (χ4v) is 3.61. The molecule has 1 fully saturated rings. The quantitative estimate of drug-likeness (QED) is 0.864. The van der Waals surface area contributed by atoms with Gasteiger partial charge in [-0.25, -0.2) is 0 Å². The molecule has 2 unspecified atom stereocenters. The van der Waals surface area contributed by atoms with Crippen LogP contribution in [0.3, 0.4) is 0 Å². The number of halogens is 1. The van der Waals surface area contributed by atoms with Crippen molar-refractivity contribution in [2.24, 2.45) is 11.7 Å². The normalized spacial score (nSPS) is 20.4. The maximum Gasteiger partial charge on any atom is 0.220 e. The van der Waals surface area contributed by atoms with Crippen molar-refractivity contribution in [2.75, 3.05) is 6.54 Å². The zero-order valence-corrected chi connectivity index (χ0v) is 14.9. The van der Waals surface area contributed by atoms with Gasteiger partial charge in [0.1, 0.15) is 0 Å². The van der Waals surface area contributed by atoms with Crippen LogP contribution in [0.4, 0.5) is 0 Å². The van der Waals surface area contributed by atoms with Gasteiger partial charge in [-0.1, -0.05) is 55.3 Å². The molecular weight excluding hydrogens is 320 g/mol. The van der Waals surface area contributed by atoms with Crippen LogP contribution in [0.25, 0.3) is 10.8 Å². The molecule has 3 rings (SSSR count). The topological polar surface area (TPSA) is 55.1 Å². The summed E-state index contributed by atoms with van der Waals surface area (Å²) >= 11 is 0. The van der Waals surface area contributed by atoms with Crippen molar-refractivity contribution in [3.05, 3.63) is 48.0 Å². The molecule has 24 heavy (non-hydrogen) atoms. The number of nitrogens with two attached hydrogens (primary N) is 1. The van der Waals surface area contributed by atoms with Gasteiger partial charge in [0.2, 0.25) is 5.91 Å². The van der Waals surface area contributed by atoms with E-state index in [4.69, 9.17) is 5.73 Å². The minimum Gasteiger partial charge on any atom is -0.353 e. The molecule has 1 saturated carbocycles. The van der Waals surface area contributed by atoms with Crippen LogP contribution < -0.4 is 11.1 Å². The van der Waals surface area contributed by atoms with Gasteiger partial charge in [0, 0.05) is 12.5 Å². The van der Waals surface area contributed by atoms with Gasteiger partial charge in [-0.15, -0.1) is 12.4 Å². The Bertz CT molecular complexity index is 673. The third kappa shape index (κ3) is 4.71. The molecule has 0 bridgehead atoms. The lowest BCUT2D eigenvalue weighted by molar-refractivity contribution is -0.122. The van der Waals surface area contributed by atoms with E-state index >= 15 is 0 Å². The highest BCUT2D eigenvalue weighted by molar-refractivity contribution is 5.85. The van der Waals surface area contributed by atoms with Gasteiger partial charge in [-0.3, -0.25) is 4.79 Å². The molecule has 0 aromatic heterocycles. The van der Waals surface area contributed by atoms with Gasteiger partial charge in [0.15, 0.2) is 0 Å². The third-order valence-corrected chi connectivity index (χ3v) is 5.01. The molecule has 1 aliphatic carbocycles. The first-order valence-corrected chi connectivity index (χ1v) is 8.73. The van der Waals surface area contributed by atoms with Crippen LogP contribution in [0.2, 0.25) is 0 Å². The van der Waals surface area contributed by atoms with Crippen molar-refractivity contribution in [1.29, 1.82) is 0 Å². The number of hydrogen-bond donors (Lipinski definition) is 2. The number of amides is 1. The molecule has 0 spiro atoms. The Morgan fingerprint density at radius 2 is 1.83 bits per heavy atom. The first-order chi connectivity index (χ1) is 11.3. The van der Waals surface area contributed by atoms with Crippen LogP contribution in [0.5, 0.6) is 0 Å². The summed E-state index contributed by atoms with van der Waals surface area (Å²) in [4.78, 5) is 12.3. The van der Waals surface area contributed by atoms with Gasteiger partial charge in [0.25, 0.3) is 0 Å². The zero-order valence-electron chi connectivity index (χ0n) is 14.0. The van der Waals surface area contributed by atoms with Crippen molar-refractivity contribution >= 4 is 29.1 Å². The summed E-state index contributed by atoms with van der Waals surface area (Å²) in [6.45, 7) is 0.676. The second kappa shape index (κ2) is 9.05. The predicted molar refractivity (Wildman–Crippen MR) is 102 cm³/mol. The van der Waals surface area contributed by atoms with Gasteiger partial charge < -0.3 is 11.1 Å². The summed E-state index contributed by atoms with van der Waals surface area (Å²) in [5, 5.41) is 5.69. The van der Waals surface area contributed by atoms with Crippen LogP contribution in [0.15, 0.2) is 42.5 Å². The number of rotatable bonds is 5. The highest BCUT2D eigenvalue weighted by atomic mass is 35.5. The molecule has 1 aliphatic rings. The Morgan fingerprint density at radius 1 is 1.08 bits per heavy atom. The van der Waals surface area contributed by atoms with E-state index < -0.39 is 0 Å². The van der Waals surface area contributed by atoms with E-state index in [9.17, 15) is 4.79 Å². The molecule has 4 heteroatoms. The molecule has 3 nitrogen and oxygen atoms in total. The summed E-state index contributed by atoms with van der Waals surface area (Å²) < 4.78 is 0. The number of benzene rings is 2. The molecule has 2 atom stereocenters. The molecule has 130 valence electrons. The van der Waals surface area contributed by atoms with Crippen LogP contribution in [0.1, 0.15) is 37.7 Å². The van der Waals surface area contributed by atoms with Crippen molar-refractivity contribution in [3.63, 3.8) is 0 Å². The summed E-state index contributed by atoms with van der Waals surface area (Å²) in [5.74, 6) is 0.608. The van der Waals surface area contributed by atoms with Crippen molar-refractivity contribution < 1.29 is 4.79 Å². The number of nitrogens with one attached hydrogen (secondary N) is 1.